The highest BCUT2D eigenvalue weighted by atomic mass is 16.1. The Bertz CT molecular complexity index is 645. The number of nitrogens with one attached hydrogen (secondary N) is 1. The molecule has 1 aromatic heterocycles. The number of fused-ring (bicyclic) bond motifs is 1. The molecule has 0 unspecified atom stereocenters. The lowest BCUT2D eigenvalue weighted by Gasteiger charge is -2.10. The summed E-state index contributed by atoms with van der Waals surface area (Å²) in [7, 11) is 0. The largest absolute Gasteiger partial charge is 0.355 e. The van der Waals surface area contributed by atoms with E-state index in [0.29, 0.717) is 12.2 Å². The van der Waals surface area contributed by atoms with Gasteiger partial charge < -0.3 is 5.32 Å². The van der Waals surface area contributed by atoms with Gasteiger partial charge in [-0.05, 0) is 18.6 Å². The number of nitriles is 1. The third-order valence-corrected chi connectivity index (χ3v) is 3.14. The van der Waals surface area contributed by atoms with E-state index in [-0.39, 0.29) is 5.91 Å². The summed E-state index contributed by atoms with van der Waals surface area (Å²) in [6.07, 6.45) is 1.92. The number of nitrogens with zero attached hydrogens (tertiary/aromatic N) is 2. The number of amides is 1. The second-order valence-corrected chi connectivity index (χ2v) is 4.64. The zero-order valence-electron chi connectivity index (χ0n) is 11.5. The molecule has 0 saturated carbocycles. The molecular weight excluding hydrogens is 250 g/mol. The molecule has 20 heavy (non-hydrogen) atoms. The molecule has 0 aliphatic heterocycles. The van der Waals surface area contributed by atoms with E-state index in [1.54, 1.807) is 6.07 Å². The van der Waals surface area contributed by atoms with Gasteiger partial charge in [-0.25, -0.2) is 0 Å². The minimum atomic E-state index is -0.850. The molecule has 0 aliphatic rings. The van der Waals surface area contributed by atoms with E-state index in [4.69, 9.17) is 0 Å². The molecule has 4 heteroatoms. The quantitative estimate of drug-likeness (QED) is 0.847. The lowest BCUT2D eigenvalue weighted by atomic mass is 10.0. The third-order valence-electron chi connectivity index (χ3n) is 3.14. The molecule has 4 nitrogen and oxygen atoms in total. The minimum absolute atomic E-state index is 0.274. The van der Waals surface area contributed by atoms with Gasteiger partial charge in [0.15, 0.2) is 5.92 Å². The first-order valence-corrected chi connectivity index (χ1v) is 6.79. The lowest BCUT2D eigenvalue weighted by molar-refractivity contribution is -0.121. The molecule has 0 bridgehead atoms. The van der Waals surface area contributed by atoms with Crippen LogP contribution in [0, 0.1) is 11.3 Å². The van der Waals surface area contributed by atoms with Crippen molar-refractivity contribution in [2.75, 3.05) is 6.54 Å². The molecule has 0 fully saturated rings. The summed E-state index contributed by atoms with van der Waals surface area (Å²) in [5.41, 5.74) is 1.30. The Kier molecular flexibility index (Phi) is 4.67. The number of benzene rings is 1. The number of hydrogen-bond donors (Lipinski definition) is 1. The molecule has 1 amide bonds. The minimum Gasteiger partial charge on any atom is -0.355 e. The number of rotatable bonds is 5. The van der Waals surface area contributed by atoms with Gasteiger partial charge in [0.2, 0.25) is 5.91 Å². The fourth-order valence-electron chi connectivity index (χ4n) is 1.99. The summed E-state index contributed by atoms with van der Waals surface area (Å²) >= 11 is 0. The van der Waals surface area contributed by atoms with Crippen LogP contribution in [0.2, 0.25) is 0 Å². The van der Waals surface area contributed by atoms with Crippen molar-refractivity contribution >= 4 is 16.8 Å². The van der Waals surface area contributed by atoms with Crippen molar-refractivity contribution in [3.63, 3.8) is 0 Å². The van der Waals surface area contributed by atoms with Gasteiger partial charge >= 0.3 is 0 Å². The van der Waals surface area contributed by atoms with Gasteiger partial charge in [-0.1, -0.05) is 37.6 Å². The summed E-state index contributed by atoms with van der Waals surface area (Å²) in [6.45, 7) is 2.65. The molecule has 2 rings (SSSR count). The van der Waals surface area contributed by atoms with Crippen molar-refractivity contribution in [3.8, 4) is 6.07 Å². The number of unbranched alkanes of at least 4 members (excludes halogenated alkanes) is 1. The maximum atomic E-state index is 12.0. The van der Waals surface area contributed by atoms with E-state index in [0.717, 1.165) is 23.7 Å². The van der Waals surface area contributed by atoms with E-state index in [2.05, 4.69) is 17.2 Å². The number of aromatic nitrogens is 1. The summed E-state index contributed by atoms with van der Waals surface area (Å²) in [6, 6.07) is 13.3. The monoisotopic (exact) mass is 267 g/mol. The highest BCUT2D eigenvalue weighted by Gasteiger charge is 2.21. The van der Waals surface area contributed by atoms with Crippen molar-refractivity contribution < 1.29 is 4.79 Å². The summed E-state index contributed by atoms with van der Waals surface area (Å²) < 4.78 is 0. The molecule has 1 aromatic carbocycles. The first-order valence-electron chi connectivity index (χ1n) is 6.79. The van der Waals surface area contributed by atoms with Crippen LogP contribution in [0.1, 0.15) is 31.4 Å². The standard InChI is InChI=1S/C16H17N3O/c1-2-3-10-18-16(20)13(11-17)15-9-8-12-6-4-5-7-14(12)19-15/h4-9,13H,2-3,10H2,1H3,(H,18,20)/t13-/m1/s1. The zero-order valence-corrected chi connectivity index (χ0v) is 11.5. The second-order valence-electron chi connectivity index (χ2n) is 4.64. The Morgan fingerprint density at radius 2 is 2.15 bits per heavy atom. The lowest BCUT2D eigenvalue weighted by Crippen LogP contribution is -2.29. The van der Waals surface area contributed by atoms with Crippen molar-refractivity contribution in [1.29, 1.82) is 5.26 Å². The molecule has 0 saturated heterocycles. The normalized spacial score (nSPS) is 11.8. The van der Waals surface area contributed by atoms with Gasteiger partial charge in [-0.2, -0.15) is 5.26 Å². The Labute approximate surface area is 118 Å². The highest BCUT2D eigenvalue weighted by Crippen LogP contribution is 2.18. The van der Waals surface area contributed by atoms with Crippen LogP contribution in [-0.4, -0.2) is 17.4 Å². The maximum Gasteiger partial charge on any atom is 0.243 e. The van der Waals surface area contributed by atoms with E-state index in [1.807, 2.05) is 36.4 Å². The smallest absolute Gasteiger partial charge is 0.243 e. The number of carbonyl (C=O) groups excluding carboxylic acids is 1. The molecule has 2 aromatic rings. The van der Waals surface area contributed by atoms with Crippen LogP contribution < -0.4 is 5.32 Å². The summed E-state index contributed by atoms with van der Waals surface area (Å²) in [5.74, 6) is -1.12. The zero-order chi connectivity index (χ0) is 14.4. The van der Waals surface area contributed by atoms with E-state index in [9.17, 15) is 10.1 Å². The predicted molar refractivity (Wildman–Crippen MR) is 78.0 cm³/mol. The first-order chi connectivity index (χ1) is 9.76. The van der Waals surface area contributed by atoms with Crippen LogP contribution in [0.3, 0.4) is 0 Å². The topological polar surface area (TPSA) is 65.8 Å². The van der Waals surface area contributed by atoms with Crippen LogP contribution >= 0.6 is 0 Å². The van der Waals surface area contributed by atoms with Crippen molar-refractivity contribution in [2.24, 2.45) is 0 Å². The average Bonchev–Trinajstić information content (AvgIpc) is 2.48. The van der Waals surface area contributed by atoms with E-state index < -0.39 is 5.92 Å². The van der Waals surface area contributed by atoms with E-state index >= 15 is 0 Å². The first kappa shape index (κ1) is 14.0. The fraction of sp³-hybridized carbons (Fsp3) is 0.312. The Balaban J connectivity index is 2.21. The molecule has 0 spiro atoms. The van der Waals surface area contributed by atoms with Crippen LogP contribution in [0.15, 0.2) is 36.4 Å². The fourth-order valence-corrected chi connectivity index (χ4v) is 1.99. The molecule has 1 N–H and O–H groups in total. The average molecular weight is 267 g/mol. The molecule has 0 aliphatic carbocycles. The van der Waals surface area contributed by atoms with Crippen molar-refractivity contribution in [2.45, 2.75) is 25.7 Å². The third kappa shape index (κ3) is 3.12. The molecule has 1 atom stereocenters. The SMILES string of the molecule is CCCCNC(=O)[C@H](C#N)c1ccc2ccccc2n1. The van der Waals surface area contributed by atoms with Gasteiger partial charge in [-0.15, -0.1) is 0 Å². The molecular formula is C16H17N3O. The van der Waals surface area contributed by atoms with Gasteiger partial charge in [-0.3, -0.25) is 9.78 Å². The van der Waals surface area contributed by atoms with Gasteiger partial charge in [0.05, 0.1) is 17.3 Å². The Hall–Kier alpha value is -2.41. The number of carbonyl (C=O) groups is 1. The van der Waals surface area contributed by atoms with Gasteiger partial charge in [0.1, 0.15) is 0 Å². The van der Waals surface area contributed by atoms with Gasteiger partial charge in [0, 0.05) is 11.9 Å². The van der Waals surface area contributed by atoms with Crippen molar-refractivity contribution in [1.82, 2.24) is 10.3 Å². The number of pyridine rings is 1. The highest BCUT2D eigenvalue weighted by molar-refractivity contribution is 5.87. The molecule has 102 valence electrons. The maximum absolute atomic E-state index is 12.0. The summed E-state index contributed by atoms with van der Waals surface area (Å²) in [4.78, 5) is 16.4. The molecule has 1 heterocycles. The summed E-state index contributed by atoms with van der Waals surface area (Å²) in [5, 5.41) is 13.0. The predicted octanol–water partition coefficient (Wildman–Crippen LogP) is 2.76. The van der Waals surface area contributed by atoms with Crippen LogP contribution in [-0.2, 0) is 4.79 Å². The van der Waals surface area contributed by atoms with E-state index in [1.165, 1.54) is 0 Å². The molecule has 0 radical (unpaired) electrons. The van der Waals surface area contributed by atoms with Crippen LogP contribution in [0.25, 0.3) is 10.9 Å². The second kappa shape index (κ2) is 6.67. The number of hydrogen-bond acceptors (Lipinski definition) is 3. The Morgan fingerprint density at radius 3 is 2.90 bits per heavy atom. The van der Waals surface area contributed by atoms with Crippen LogP contribution in [0.4, 0.5) is 0 Å². The van der Waals surface area contributed by atoms with Crippen LogP contribution in [0.5, 0.6) is 0 Å². The van der Waals surface area contributed by atoms with Gasteiger partial charge in [0.25, 0.3) is 0 Å². The Morgan fingerprint density at radius 1 is 1.35 bits per heavy atom. The number of para-hydroxylation sites is 1. The van der Waals surface area contributed by atoms with Crippen molar-refractivity contribution in [3.05, 3.63) is 42.1 Å².